The zero-order chi connectivity index (χ0) is 15.0. The lowest BCUT2D eigenvalue weighted by molar-refractivity contribution is -0.115. The number of hydrogen-bond donors (Lipinski definition) is 1. The Morgan fingerprint density at radius 2 is 2.24 bits per heavy atom. The molecule has 1 saturated heterocycles. The van der Waals surface area contributed by atoms with Gasteiger partial charge in [0, 0.05) is 30.9 Å². The van der Waals surface area contributed by atoms with Gasteiger partial charge in [-0.3, -0.25) is 9.59 Å². The van der Waals surface area contributed by atoms with Crippen LogP contribution in [-0.2, 0) is 11.2 Å². The molecule has 1 unspecified atom stereocenters. The predicted molar refractivity (Wildman–Crippen MR) is 81.4 cm³/mol. The van der Waals surface area contributed by atoms with Crippen LogP contribution in [0.4, 0.5) is 5.69 Å². The molecule has 2 aliphatic heterocycles. The molecule has 21 heavy (non-hydrogen) atoms. The number of amides is 2. The molecule has 3 rings (SSSR count). The number of likely N-dealkylation sites (tertiary alicyclic amines) is 1. The summed E-state index contributed by atoms with van der Waals surface area (Å²) in [4.78, 5) is 28.1. The van der Waals surface area contributed by atoms with Crippen molar-refractivity contribution >= 4 is 17.5 Å². The van der Waals surface area contributed by atoms with Gasteiger partial charge in [0.05, 0.1) is 6.42 Å². The fraction of sp³-hybridized carbons (Fsp3) is 0.500. The van der Waals surface area contributed by atoms with Crippen molar-refractivity contribution in [2.45, 2.75) is 25.3 Å². The van der Waals surface area contributed by atoms with Crippen molar-refractivity contribution < 1.29 is 9.59 Å². The molecular weight excluding hydrogens is 266 g/mol. The van der Waals surface area contributed by atoms with Gasteiger partial charge in [0.1, 0.15) is 0 Å². The van der Waals surface area contributed by atoms with E-state index in [4.69, 9.17) is 0 Å². The van der Waals surface area contributed by atoms with Gasteiger partial charge < -0.3 is 15.1 Å². The van der Waals surface area contributed by atoms with Crippen LogP contribution in [0.1, 0.15) is 28.8 Å². The van der Waals surface area contributed by atoms with E-state index in [1.165, 1.54) is 0 Å². The molecule has 1 N–H and O–H groups in total. The van der Waals surface area contributed by atoms with E-state index in [1.54, 1.807) is 6.07 Å². The third kappa shape index (κ3) is 2.78. The zero-order valence-corrected chi connectivity index (χ0v) is 12.6. The SMILES string of the molecule is CN1CCCC(N(C)C(=O)c2ccc3c(c2)NC(=O)C3)C1. The van der Waals surface area contributed by atoms with Crippen LogP contribution < -0.4 is 5.32 Å². The first-order valence-electron chi connectivity index (χ1n) is 7.43. The number of rotatable bonds is 2. The summed E-state index contributed by atoms with van der Waals surface area (Å²) in [5, 5.41) is 2.80. The van der Waals surface area contributed by atoms with Gasteiger partial charge in [-0.15, -0.1) is 0 Å². The number of likely N-dealkylation sites (N-methyl/N-ethyl adjacent to an activating group) is 2. The number of benzene rings is 1. The average molecular weight is 287 g/mol. The summed E-state index contributed by atoms with van der Waals surface area (Å²) in [6.07, 6.45) is 2.58. The monoisotopic (exact) mass is 287 g/mol. The normalized spacial score (nSPS) is 21.8. The van der Waals surface area contributed by atoms with Gasteiger partial charge in [-0.1, -0.05) is 6.07 Å². The molecule has 0 aliphatic carbocycles. The fourth-order valence-corrected chi connectivity index (χ4v) is 3.17. The Labute approximate surface area is 124 Å². The van der Waals surface area contributed by atoms with Gasteiger partial charge >= 0.3 is 0 Å². The van der Waals surface area contributed by atoms with Crippen LogP contribution in [0.3, 0.4) is 0 Å². The van der Waals surface area contributed by atoms with Gasteiger partial charge in [-0.2, -0.15) is 0 Å². The Kier molecular flexibility index (Phi) is 3.68. The van der Waals surface area contributed by atoms with Crippen molar-refractivity contribution in [3.63, 3.8) is 0 Å². The van der Waals surface area contributed by atoms with Crippen molar-refractivity contribution in [3.8, 4) is 0 Å². The van der Waals surface area contributed by atoms with E-state index < -0.39 is 0 Å². The summed E-state index contributed by atoms with van der Waals surface area (Å²) in [6, 6.07) is 5.76. The van der Waals surface area contributed by atoms with E-state index in [-0.39, 0.29) is 17.9 Å². The Balaban J connectivity index is 1.76. The molecule has 1 aromatic carbocycles. The predicted octanol–water partition coefficient (Wildman–Crippen LogP) is 1.35. The summed E-state index contributed by atoms with van der Waals surface area (Å²) in [7, 11) is 3.97. The van der Waals surface area contributed by atoms with Gasteiger partial charge in [0.25, 0.3) is 5.91 Å². The van der Waals surface area contributed by atoms with E-state index >= 15 is 0 Å². The maximum Gasteiger partial charge on any atom is 0.253 e. The molecule has 1 aromatic rings. The number of fused-ring (bicyclic) bond motifs is 1. The Morgan fingerprint density at radius 3 is 3.00 bits per heavy atom. The lowest BCUT2D eigenvalue weighted by Crippen LogP contribution is -2.47. The minimum Gasteiger partial charge on any atom is -0.337 e. The van der Waals surface area contributed by atoms with Crippen LogP contribution >= 0.6 is 0 Å². The largest absolute Gasteiger partial charge is 0.337 e. The minimum absolute atomic E-state index is 0.00291. The van der Waals surface area contributed by atoms with Crippen LogP contribution in [-0.4, -0.2) is 54.8 Å². The summed E-state index contributed by atoms with van der Waals surface area (Å²) in [5.74, 6) is 0.0242. The van der Waals surface area contributed by atoms with Crippen molar-refractivity contribution in [3.05, 3.63) is 29.3 Å². The van der Waals surface area contributed by atoms with Gasteiger partial charge in [0.15, 0.2) is 0 Å². The Morgan fingerprint density at radius 1 is 1.43 bits per heavy atom. The highest BCUT2D eigenvalue weighted by atomic mass is 16.2. The van der Waals surface area contributed by atoms with Crippen LogP contribution in [0.5, 0.6) is 0 Å². The van der Waals surface area contributed by atoms with Crippen LogP contribution in [0.25, 0.3) is 0 Å². The van der Waals surface area contributed by atoms with Crippen molar-refractivity contribution in [1.82, 2.24) is 9.80 Å². The molecular formula is C16H21N3O2. The van der Waals surface area contributed by atoms with Crippen molar-refractivity contribution in [2.24, 2.45) is 0 Å². The number of carbonyl (C=O) groups excluding carboxylic acids is 2. The highest BCUT2D eigenvalue weighted by molar-refractivity contribution is 6.02. The molecule has 112 valence electrons. The molecule has 0 spiro atoms. The van der Waals surface area contributed by atoms with Crippen molar-refractivity contribution in [2.75, 3.05) is 32.5 Å². The maximum absolute atomic E-state index is 12.6. The molecule has 2 heterocycles. The fourth-order valence-electron chi connectivity index (χ4n) is 3.17. The molecule has 0 radical (unpaired) electrons. The average Bonchev–Trinajstić information content (AvgIpc) is 2.84. The van der Waals surface area contributed by atoms with Gasteiger partial charge in [-0.05, 0) is 44.1 Å². The van der Waals surface area contributed by atoms with E-state index in [1.807, 2.05) is 24.1 Å². The highest BCUT2D eigenvalue weighted by Crippen LogP contribution is 2.25. The van der Waals surface area contributed by atoms with E-state index in [0.29, 0.717) is 12.0 Å². The zero-order valence-electron chi connectivity index (χ0n) is 12.6. The molecule has 1 fully saturated rings. The molecule has 2 aliphatic rings. The first-order chi connectivity index (χ1) is 10.0. The molecule has 0 aromatic heterocycles. The summed E-state index contributed by atoms with van der Waals surface area (Å²) in [6.45, 7) is 2.02. The summed E-state index contributed by atoms with van der Waals surface area (Å²) < 4.78 is 0. The smallest absolute Gasteiger partial charge is 0.253 e. The highest BCUT2D eigenvalue weighted by Gasteiger charge is 2.26. The number of carbonyl (C=O) groups is 2. The molecule has 2 amide bonds. The van der Waals surface area contributed by atoms with E-state index in [9.17, 15) is 9.59 Å². The first-order valence-corrected chi connectivity index (χ1v) is 7.43. The summed E-state index contributed by atoms with van der Waals surface area (Å²) >= 11 is 0. The molecule has 0 bridgehead atoms. The number of nitrogens with one attached hydrogen (secondary N) is 1. The number of piperidine rings is 1. The molecule has 5 nitrogen and oxygen atoms in total. The quantitative estimate of drug-likeness (QED) is 0.893. The van der Waals surface area contributed by atoms with E-state index in [2.05, 4.69) is 17.3 Å². The third-order valence-electron chi connectivity index (χ3n) is 4.45. The topological polar surface area (TPSA) is 52.6 Å². The Bertz CT molecular complexity index is 585. The first kappa shape index (κ1) is 14.1. The van der Waals surface area contributed by atoms with Gasteiger partial charge in [0.2, 0.25) is 5.91 Å². The van der Waals surface area contributed by atoms with E-state index in [0.717, 1.165) is 37.2 Å². The maximum atomic E-state index is 12.6. The third-order valence-corrected chi connectivity index (χ3v) is 4.45. The van der Waals surface area contributed by atoms with Crippen molar-refractivity contribution in [1.29, 1.82) is 0 Å². The molecule has 0 saturated carbocycles. The van der Waals surface area contributed by atoms with Gasteiger partial charge in [-0.25, -0.2) is 0 Å². The lowest BCUT2D eigenvalue weighted by atomic mass is 10.0. The second-order valence-electron chi connectivity index (χ2n) is 6.07. The standard InChI is InChI=1S/C16H21N3O2/c1-18-7-3-4-13(10-18)19(2)16(21)12-6-5-11-9-15(20)17-14(11)8-12/h5-6,8,13H,3-4,7,9-10H2,1-2H3,(H,17,20). The number of anilines is 1. The lowest BCUT2D eigenvalue weighted by Gasteiger charge is -2.35. The second-order valence-corrected chi connectivity index (χ2v) is 6.07. The van der Waals surface area contributed by atoms with Crippen LogP contribution in [0.2, 0.25) is 0 Å². The number of nitrogens with zero attached hydrogens (tertiary/aromatic N) is 2. The number of hydrogen-bond acceptors (Lipinski definition) is 3. The molecule has 1 atom stereocenters. The Hall–Kier alpha value is -1.88. The van der Waals surface area contributed by atoms with Crippen LogP contribution in [0, 0.1) is 0 Å². The summed E-state index contributed by atoms with van der Waals surface area (Å²) in [5.41, 5.74) is 2.39. The van der Waals surface area contributed by atoms with Crippen LogP contribution in [0.15, 0.2) is 18.2 Å². The minimum atomic E-state index is -0.00291. The molecule has 5 heteroatoms. The second kappa shape index (κ2) is 5.48.